The molecule has 0 unspecified atom stereocenters. The summed E-state index contributed by atoms with van der Waals surface area (Å²) < 4.78 is 6.11. The third kappa shape index (κ3) is 4.32. The van der Waals surface area contributed by atoms with Crippen molar-refractivity contribution < 1.29 is 9.53 Å². The lowest BCUT2D eigenvalue weighted by molar-refractivity contribution is 0.184. The van der Waals surface area contributed by atoms with Crippen LogP contribution in [0.1, 0.15) is 11.1 Å². The predicted octanol–water partition coefficient (Wildman–Crippen LogP) is 4.26. The average Bonchev–Trinajstić information content (AvgIpc) is 2.51. The molecular weight excluding hydrogens is 344 g/mol. The topological polar surface area (TPSA) is 41.6 Å². The minimum Gasteiger partial charge on any atom is -0.380 e. The SMILES string of the molecule is COCc1c(Br)cccc1NC(=O)N(C)Cc1ccccc1. The van der Waals surface area contributed by atoms with Gasteiger partial charge >= 0.3 is 6.03 Å². The summed E-state index contributed by atoms with van der Waals surface area (Å²) in [5, 5.41) is 2.93. The Hall–Kier alpha value is -1.85. The van der Waals surface area contributed by atoms with Gasteiger partial charge in [0.2, 0.25) is 0 Å². The Morgan fingerprint density at radius 2 is 1.91 bits per heavy atom. The summed E-state index contributed by atoms with van der Waals surface area (Å²) in [4.78, 5) is 14.0. The summed E-state index contributed by atoms with van der Waals surface area (Å²) in [6.07, 6.45) is 0. The number of benzene rings is 2. The number of urea groups is 1. The fourth-order valence-electron chi connectivity index (χ4n) is 2.11. The number of ether oxygens (including phenoxy) is 1. The molecule has 0 aliphatic carbocycles. The van der Waals surface area contributed by atoms with Crippen LogP contribution in [0.3, 0.4) is 0 Å². The molecule has 2 aromatic rings. The van der Waals surface area contributed by atoms with Crippen molar-refractivity contribution in [1.29, 1.82) is 0 Å². The van der Waals surface area contributed by atoms with Gasteiger partial charge in [0.25, 0.3) is 0 Å². The van der Waals surface area contributed by atoms with Crippen molar-refractivity contribution in [3.05, 3.63) is 64.1 Å². The van der Waals surface area contributed by atoms with Crippen LogP contribution in [-0.2, 0) is 17.9 Å². The minimum atomic E-state index is -0.153. The molecule has 0 fully saturated rings. The van der Waals surface area contributed by atoms with E-state index in [2.05, 4.69) is 21.2 Å². The Morgan fingerprint density at radius 1 is 1.18 bits per heavy atom. The summed E-state index contributed by atoms with van der Waals surface area (Å²) in [6.45, 7) is 0.986. The van der Waals surface area contributed by atoms with Crippen molar-refractivity contribution in [2.24, 2.45) is 0 Å². The Labute approximate surface area is 139 Å². The first-order valence-corrected chi connectivity index (χ1v) is 7.73. The number of rotatable bonds is 5. The lowest BCUT2D eigenvalue weighted by Gasteiger charge is -2.20. The molecule has 0 aliphatic heterocycles. The van der Waals surface area contributed by atoms with Gasteiger partial charge in [0.1, 0.15) is 0 Å². The quantitative estimate of drug-likeness (QED) is 0.863. The summed E-state index contributed by atoms with van der Waals surface area (Å²) >= 11 is 3.48. The number of nitrogens with one attached hydrogen (secondary N) is 1. The average molecular weight is 363 g/mol. The molecule has 0 saturated heterocycles. The third-order valence-electron chi connectivity index (χ3n) is 3.26. The summed E-state index contributed by atoms with van der Waals surface area (Å²) in [6, 6.07) is 15.4. The van der Waals surface area contributed by atoms with Gasteiger partial charge in [0.15, 0.2) is 0 Å². The van der Waals surface area contributed by atoms with E-state index in [-0.39, 0.29) is 6.03 Å². The first-order chi connectivity index (χ1) is 10.6. The molecule has 0 radical (unpaired) electrons. The number of carbonyl (C=O) groups is 1. The fraction of sp³-hybridized carbons (Fsp3) is 0.235. The molecule has 0 bridgehead atoms. The summed E-state index contributed by atoms with van der Waals surface area (Å²) in [7, 11) is 3.41. The van der Waals surface area contributed by atoms with E-state index in [0.717, 1.165) is 21.3 Å². The van der Waals surface area contributed by atoms with Crippen LogP contribution in [0.25, 0.3) is 0 Å². The zero-order valence-electron chi connectivity index (χ0n) is 12.7. The van der Waals surface area contributed by atoms with Gasteiger partial charge in [-0.2, -0.15) is 0 Å². The highest BCUT2D eigenvalue weighted by Crippen LogP contribution is 2.25. The molecule has 0 atom stereocenters. The highest BCUT2D eigenvalue weighted by molar-refractivity contribution is 9.10. The van der Waals surface area contributed by atoms with E-state index < -0.39 is 0 Å². The van der Waals surface area contributed by atoms with Gasteiger partial charge in [0.05, 0.1) is 6.61 Å². The molecular formula is C17H19BrN2O2. The number of halogens is 1. The molecule has 116 valence electrons. The van der Waals surface area contributed by atoms with Gasteiger partial charge in [0, 0.05) is 36.4 Å². The molecule has 2 rings (SSSR count). The number of hydrogen-bond acceptors (Lipinski definition) is 2. The summed E-state index contributed by atoms with van der Waals surface area (Å²) in [5.41, 5.74) is 2.76. The molecule has 0 aliphatic rings. The normalized spacial score (nSPS) is 10.3. The Kier molecular flexibility index (Phi) is 5.98. The van der Waals surface area contributed by atoms with Crippen LogP contribution < -0.4 is 5.32 Å². The molecule has 0 spiro atoms. The van der Waals surface area contributed by atoms with Crippen LogP contribution in [0.4, 0.5) is 10.5 Å². The monoisotopic (exact) mass is 362 g/mol. The molecule has 0 heterocycles. The Bertz CT molecular complexity index is 632. The van der Waals surface area contributed by atoms with Gasteiger partial charge < -0.3 is 15.0 Å². The minimum absolute atomic E-state index is 0.153. The second-order valence-corrected chi connectivity index (χ2v) is 5.83. The van der Waals surface area contributed by atoms with Crippen LogP contribution >= 0.6 is 15.9 Å². The molecule has 2 amide bonds. The van der Waals surface area contributed by atoms with Crippen molar-refractivity contribution in [3.8, 4) is 0 Å². The molecule has 0 saturated carbocycles. The number of carbonyl (C=O) groups excluding carboxylic acids is 1. The lowest BCUT2D eigenvalue weighted by Crippen LogP contribution is -2.31. The Balaban J connectivity index is 2.07. The van der Waals surface area contributed by atoms with E-state index in [4.69, 9.17) is 4.74 Å². The van der Waals surface area contributed by atoms with Crippen molar-refractivity contribution in [1.82, 2.24) is 4.90 Å². The maximum absolute atomic E-state index is 12.3. The van der Waals surface area contributed by atoms with Crippen LogP contribution in [0.2, 0.25) is 0 Å². The number of amides is 2. The first kappa shape index (κ1) is 16.5. The van der Waals surface area contributed by atoms with Crippen molar-refractivity contribution in [2.45, 2.75) is 13.2 Å². The van der Waals surface area contributed by atoms with Crippen molar-refractivity contribution in [2.75, 3.05) is 19.5 Å². The van der Waals surface area contributed by atoms with Gasteiger partial charge in [-0.3, -0.25) is 0 Å². The molecule has 5 heteroatoms. The smallest absolute Gasteiger partial charge is 0.321 e. The van der Waals surface area contributed by atoms with E-state index in [1.54, 1.807) is 19.1 Å². The molecule has 0 aromatic heterocycles. The zero-order chi connectivity index (χ0) is 15.9. The van der Waals surface area contributed by atoms with E-state index in [1.807, 2.05) is 48.5 Å². The van der Waals surface area contributed by atoms with Crippen LogP contribution in [0.5, 0.6) is 0 Å². The van der Waals surface area contributed by atoms with Gasteiger partial charge in [-0.1, -0.05) is 52.3 Å². The second-order valence-electron chi connectivity index (χ2n) is 4.97. The number of methoxy groups -OCH3 is 1. The number of nitrogens with zero attached hydrogens (tertiary/aromatic N) is 1. The second kappa shape index (κ2) is 7.96. The molecule has 22 heavy (non-hydrogen) atoms. The highest BCUT2D eigenvalue weighted by Gasteiger charge is 2.13. The highest BCUT2D eigenvalue weighted by atomic mass is 79.9. The Morgan fingerprint density at radius 3 is 2.59 bits per heavy atom. The fourth-order valence-corrected chi connectivity index (χ4v) is 2.59. The first-order valence-electron chi connectivity index (χ1n) is 6.94. The van der Waals surface area contributed by atoms with E-state index in [1.165, 1.54) is 0 Å². The van der Waals surface area contributed by atoms with Crippen molar-refractivity contribution >= 4 is 27.6 Å². The number of hydrogen-bond donors (Lipinski definition) is 1. The zero-order valence-corrected chi connectivity index (χ0v) is 14.3. The maximum atomic E-state index is 12.3. The maximum Gasteiger partial charge on any atom is 0.321 e. The summed E-state index contributed by atoms with van der Waals surface area (Å²) in [5.74, 6) is 0. The van der Waals surface area contributed by atoms with E-state index in [9.17, 15) is 4.79 Å². The van der Waals surface area contributed by atoms with E-state index in [0.29, 0.717) is 13.2 Å². The largest absolute Gasteiger partial charge is 0.380 e. The predicted molar refractivity (Wildman–Crippen MR) is 91.8 cm³/mol. The van der Waals surface area contributed by atoms with Crippen LogP contribution in [0.15, 0.2) is 53.0 Å². The van der Waals surface area contributed by atoms with E-state index >= 15 is 0 Å². The lowest BCUT2D eigenvalue weighted by atomic mass is 10.2. The number of anilines is 1. The molecule has 2 aromatic carbocycles. The standard InChI is InChI=1S/C17H19BrN2O2/c1-20(11-13-7-4-3-5-8-13)17(21)19-16-10-6-9-15(18)14(16)12-22-2/h3-10H,11-12H2,1-2H3,(H,19,21). The van der Waals surface area contributed by atoms with Crippen molar-refractivity contribution in [3.63, 3.8) is 0 Å². The van der Waals surface area contributed by atoms with Gasteiger partial charge in [-0.25, -0.2) is 4.79 Å². The third-order valence-corrected chi connectivity index (χ3v) is 4.00. The molecule has 1 N–H and O–H groups in total. The van der Waals surface area contributed by atoms with Crippen LogP contribution in [-0.4, -0.2) is 25.1 Å². The van der Waals surface area contributed by atoms with Gasteiger partial charge in [-0.15, -0.1) is 0 Å². The van der Waals surface area contributed by atoms with Gasteiger partial charge in [-0.05, 0) is 17.7 Å². The molecule has 4 nitrogen and oxygen atoms in total. The van der Waals surface area contributed by atoms with Crippen LogP contribution in [0, 0.1) is 0 Å².